The van der Waals surface area contributed by atoms with Crippen LogP contribution in [-0.2, 0) is 11.3 Å². The van der Waals surface area contributed by atoms with E-state index in [4.69, 9.17) is 4.74 Å². The van der Waals surface area contributed by atoms with Crippen molar-refractivity contribution in [2.24, 2.45) is 0 Å². The molecule has 0 aromatic heterocycles. The van der Waals surface area contributed by atoms with E-state index in [1.807, 2.05) is 6.07 Å². The summed E-state index contributed by atoms with van der Waals surface area (Å²) in [7, 11) is 1.33. The number of rotatable bonds is 4. The summed E-state index contributed by atoms with van der Waals surface area (Å²) < 4.78 is 19.1. The summed E-state index contributed by atoms with van der Waals surface area (Å²) in [6.45, 7) is 0.324. The number of hydrogen-bond acceptors (Lipinski definition) is 3. The van der Waals surface area contributed by atoms with Crippen LogP contribution in [0.3, 0.4) is 0 Å². The van der Waals surface area contributed by atoms with E-state index < -0.39 is 5.97 Å². The number of ether oxygens (including phenoxy) is 1. The fourth-order valence-electron chi connectivity index (χ4n) is 1.83. The number of esters is 1. The van der Waals surface area contributed by atoms with E-state index in [9.17, 15) is 9.18 Å². The highest BCUT2D eigenvalue weighted by Gasteiger charge is 2.12. The van der Waals surface area contributed by atoms with Gasteiger partial charge in [0.05, 0.1) is 18.4 Å². The standard InChI is InChI=1S/C15H13BrFNO2/c1-20-15(19)11-6-3-2-5-10(11)9-18-14-12(16)7-4-8-13(14)17/h2-8,18H,9H2,1H3. The average Bonchev–Trinajstić information content (AvgIpc) is 2.46. The maximum absolute atomic E-state index is 13.7. The highest BCUT2D eigenvalue weighted by Crippen LogP contribution is 2.26. The Hall–Kier alpha value is -1.88. The number of carbonyl (C=O) groups is 1. The van der Waals surface area contributed by atoms with Gasteiger partial charge in [-0.2, -0.15) is 0 Å². The Balaban J connectivity index is 2.21. The van der Waals surface area contributed by atoms with Crippen molar-refractivity contribution in [2.45, 2.75) is 6.54 Å². The lowest BCUT2D eigenvalue weighted by atomic mass is 10.1. The van der Waals surface area contributed by atoms with Gasteiger partial charge in [-0.15, -0.1) is 0 Å². The number of benzene rings is 2. The zero-order valence-corrected chi connectivity index (χ0v) is 12.4. The Morgan fingerprint density at radius 1 is 1.25 bits per heavy atom. The van der Waals surface area contributed by atoms with E-state index in [-0.39, 0.29) is 5.82 Å². The fraction of sp³-hybridized carbons (Fsp3) is 0.133. The predicted molar refractivity (Wildman–Crippen MR) is 79.2 cm³/mol. The molecule has 0 aliphatic rings. The third-order valence-corrected chi connectivity index (χ3v) is 3.50. The molecule has 2 aromatic rings. The molecule has 1 N–H and O–H groups in total. The lowest BCUT2D eigenvalue weighted by molar-refractivity contribution is 0.0599. The van der Waals surface area contributed by atoms with Gasteiger partial charge in [0.25, 0.3) is 0 Å². The second-order valence-electron chi connectivity index (χ2n) is 4.10. The summed E-state index contributed by atoms with van der Waals surface area (Å²) in [5.74, 6) is -0.759. The maximum Gasteiger partial charge on any atom is 0.338 e. The van der Waals surface area contributed by atoms with E-state index in [0.29, 0.717) is 22.3 Å². The predicted octanol–water partition coefficient (Wildman–Crippen LogP) is 3.99. The van der Waals surface area contributed by atoms with Crippen LogP contribution in [0.15, 0.2) is 46.9 Å². The summed E-state index contributed by atoms with van der Waals surface area (Å²) in [6.07, 6.45) is 0. The molecule has 0 saturated heterocycles. The Bertz CT molecular complexity index is 611. The Morgan fingerprint density at radius 3 is 2.70 bits per heavy atom. The van der Waals surface area contributed by atoms with Crippen molar-refractivity contribution in [3.05, 3.63) is 63.9 Å². The van der Waals surface area contributed by atoms with Crippen LogP contribution < -0.4 is 5.32 Å². The molecule has 2 rings (SSSR count). The van der Waals surface area contributed by atoms with Crippen molar-refractivity contribution in [2.75, 3.05) is 12.4 Å². The minimum atomic E-state index is -0.407. The number of carbonyl (C=O) groups excluding carboxylic acids is 1. The number of anilines is 1. The Kier molecular flexibility index (Phi) is 4.74. The normalized spacial score (nSPS) is 10.2. The SMILES string of the molecule is COC(=O)c1ccccc1CNc1c(F)cccc1Br. The monoisotopic (exact) mass is 337 g/mol. The average molecular weight is 338 g/mol. The highest BCUT2D eigenvalue weighted by atomic mass is 79.9. The van der Waals surface area contributed by atoms with Crippen molar-refractivity contribution in [1.82, 2.24) is 0 Å². The van der Waals surface area contributed by atoms with Crippen LogP contribution in [0.25, 0.3) is 0 Å². The lowest BCUT2D eigenvalue weighted by Gasteiger charge is -2.12. The minimum Gasteiger partial charge on any atom is -0.465 e. The van der Waals surface area contributed by atoms with Gasteiger partial charge < -0.3 is 10.1 Å². The second kappa shape index (κ2) is 6.52. The Morgan fingerprint density at radius 2 is 2.00 bits per heavy atom. The van der Waals surface area contributed by atoms with Gasteiger partial charge in [0.1, 0.15) is 5.82 Å². The van der Waals surface area contributed by atoms with Gasteiger partial charge in [-0.1, -0.05) is 24.3 Å². The van der Waals surface area contributed by atoms with Crippen LogP contribution in [0.5, 0.6) is 0 Å². The number of halogens is 2. The molecule has 0 radical (unpaired) electrons. The Labute approximate surface area is 124 Å². The van der Waals surface area contributed by atoms with E-state index in [2.05, 4.69) is 21.2 Å². The molecule has 5 heteroatoms. The summed E-state index contributed by atoms with van der Waals surface area (Å²) in [5, 5.41) is 2.99. The van der Waals surface area contributed by atoms with Crippen LogP contribution in [0.2, 0.25) is 0 Å². The molecule has 0 aliphatic carbocycles. The zero-order valence-electron chi connectivity index (χ0n) is 10.8. The van der Waals surface area contributed by atoms with E-state index >= 15 is 0 Å². The van der Waals surface area contributed by atoms with Gasteiger partial charge in [-0.3, -0.25) is 0 Å². The molecule has 104 valence electrons. The van der Waals surface area contributed by atoms with Crippen LogP contribution in [0.4, 0.5) is 10.1 Å². The first-order valence-electron chi connectivity index (χ1n) is 5.97. The largest absolute Gasteiger partial charge is 0.465 e. The van der Waals surface area contributed by atoms with Crippen LogP contribution in [0, 0.1) is 5.82 Å². The quantitative estimate of drug-likeness (QED) is 0.857. The molecule has 0 bridgehead atoms. The van der Waals surface area contributed by atoms with Gasteiger partial charge in [0.2, 0.25) is 0 Å². The number of nitrogens with one attached hydrogen (secondary N) is 1. The van der Waals surface area contributed by atoms with E-state index in [0.717, 1.165) is 5.56 Å². The summed E-state index contributed by atoms with van der Waals surface area (Å²) in [5.41, 5.74) is 1.58. The summed E-state index contributed by atoms with van der Waals surface area (Å²) in [4.78, 5) is 11.6. The van der Waals surface area contributed by atoms with Crippen LogP contribution in [-0.4, -0.2) is 13.1 Å². The fourth-order valence-corrected chi connectivity index (χ4v) is 2.32. The van der Waals surface area contributed by atoms with Crippen molar-refractivity contribution >= 4 is 27.6 Å². The van der Waals surface area contributed by atoms with E-state index in [1.165, 1.54) is 13.2 Å². The maximum atomic E-state index is 13.7. The molecule has 2 aromatic carbocycles. The van der Waals surface area contributed by atoms with Crippen LogP contribution >= 0.6 is 15.9 Å². The molecular formula is C15H13BrFNO2. The molecule has 3 nitrogen and oxygen atoms in total. The first-order valence-corrected chi connectivity index (χ1v) is 6.77. The summed E-state index contributed by atoms with van der Waals surface area (Å²) >= 11 is 3.29. The third kappa shape index (κ3) is 3.17. The molecular weight excluding hydrogens is 325 g/mol. The number of hydrogen-bond donors (Lipinski definition) is 1. The lowest BCUT2D eigenvalue weighted by Crippen LogP contribution is -2.09. The first kappa shape index (κ1) is 14.5. The second-order valence-corrected chi connectivity index (χ2v) is 4.95. The third-order valence-electron chi connectivity index (χ3n) is 2.84. The van der Waals surface area contributed by atoms with Crippen molar-refractivity contribution in [1.29, 1.82) is 0 Å². The molecule has 0 spiro atoms. The van der Waals surface area contributed by atoms with Crippen LogP contribution in [0.1, 0.15) is 15.9 Å². The van der Waals surface area contributed by atoms with Crippen molar-refractivity contribution in [3.63, 3.8) is 0 Å². The summed E-state index contributed by atoms with van der Waals surface area (Å²) in [6, 6.07) is 11.8. The number of methoxy groups -OCH3 is 1. The van der Waals surface area contributed by atoms with Gasteiger partial charge in [-0.25, -0.2) is 9.18 Å². The van der Waals surface area contributed by atoms with Gasteiger partial charge in [0, 0.05) is 11.0 Å². The molecule has 20 heavy (non-hydrogen) atoms. The van der Waals surface area contributed by atoms with Gasteiger partial charge in [0.15, 0.2) is 0 Å². The van der Waals surface area contributed by atoms with Crippen molar-refractivity contribution in [3.8, 4) is 0 Å². The molecule has 0 aliphatic heterocycles. The minimum absolute atomic E-state index is 0.324. The zero-order chi connectivity index (χ0) is 14.5. The highest BCUT2D eigenvalue weighted by molar-refractivity contribution is 9.10. The molecule has 0 saturated carbocycles. The smallest absolute Gasteiger partial charge is 0.338 e. The topological polar surface area (TPSA) is 38.3 Å². The van der Waals surface area contributed by atoms with Crippen molar-refractivity contribution < 1.29 is 13.9 Å². The number of para-hydroxylation sites is 1. The van der Waals surface area contributed by atoms with Gasteiger partial charge in [-0.05, 0) is 39.7 Å². The molecule has 0 amide bonds. The molecule has 0 fully saturated rings. The van der Waals surface area contributed by atoms with Gasteiger partial charge >= 0.3 is 5.97 Å². The molecule has 0 unspecified atom stereocenters. The first-order chi connectivity index (χ1) is 9.63. The molecule has 0 heterocycles. The molecule has 0 atom stereocenters. The van der Waals surface area contributed by atoms with E-state index in [1.54, 1.807) is 30.3 Å².